The summed E-state index contributed by atoms with van der Waals surface area (Å²) in [7, 11) is 0. The number of aromatic nitrogens is 1. The van der Waals surface area contributed by atoms with Gasteiger partial charge in [-0.2, -0.15) is 0 Å². The van der Waals surface area contributed by atoms with E-state index in [1.807, 2.05) is 93.3 Å². The number of hydrogen-bond donors (Lipinski definition) is 4. The molecule has 0 bridgehead atoms. The normalized spacial score (nSPS) is 15.1. The lowest BCUT2D eigenvalue weighted by Crippen LogP contribution is -2.56. The third kappa shape index (κ3) is 11.2. The molecule has 0 saturated carbocycles. The zero-order valence-electron chi connectivity index (χ0n) is 30.8. The van der Waals surface area contributed by atoms with E-state index in [-0.39, 0.29) is 44.5 Å². The number of fused-ring (bicyclic) bond motifs is 1. The molecule has 0 radical (unpaired) electrons. The molecular weight excluding hydrogens is 662 g/mol. The number of hydrazine groups is 1. The number of carbonyl (C=O) groups excluding carboxylic acids is 4. The van der Waals surface area contributed by atoms with Gasteiger partial charge in [0.15, 0.2) is 0 Å². The minimum absolute atomic E-state index is 0.00895. The van der Waals surface area contributed by atoms with Crippen molar-refractivity contribution in [1.29, 1.82) is 0 Å². The summed E-state index contributed by atoms with van der Waals surface area (Å²) in [4.78, 5) is 62.1. The molecular formula is C39H53N7O6. The van der Waals surface area contributed by atoms with Crippen molar-refractivity contribution in [2.75, 3.05) is 18.1 Å². The van der Waals surface area contributed by atoms with E-state index in [4.69, 9.17) is 10.5 Å². The van der Waals surface area contributed by atoms with Gasteiger partial charge in [-0.25, -0.2) is 4.79 Å². The summed E-state index contributed by atoms with van der Waals surface area (Å²) >= 11 is 0. The first-order valence-corrected chi connectivity index (χ1v) is 18.0. The van der Waals surface area contributed by atoms with Crippen molar-refractivity contribution in [3.63, 3.8) is 0 Å². The van der Waals surface area contributed by atoms with Crippen LogP contribution in [0, 0.1) is 11.8 Å². The van der Waals surface area contributed by atoms with E-state index < -0.39 is 36.1 Å². The Hall–Kier alpha value is -5.01. The van der Waals surface area contributed by atoms with Crippen LogP contribution in [0.15, 0.2) is 78.8 Å². The van der Waals surface area contributed by atoms with Crippen LogP contribution in [0.4, 0.5) is 10.5 Å². The minimum atomic E-state index is -1.23. The van der Waals surface area contributed by atoms with Crippen molar-refractivity contribution in [3.8, 4) is 0 Å². The molecule has 2 aromatic carbocycles. The van der Waals surface area contributed by atoms with Crippen molar-refractivity contribution in [3.05, 3.63) is 84.3 Å². The molecule has 1 aliphatic rings. The van der Waals surface area contributed by atoms with E-state index in [9.17, 15) is 24.3 Å². The van der Waals surface area contributed by atoms with Gasteiger partial charge >= 0.3 is 6.09 Å². The summed E-state index contributed by atoms with van der Waals surface area (Å²) in [6.45, 7) is 9.87. The molecule has 0 aliphatic carbocycles. The molecule has 280 valence electrons. The van der Waals surface area contributed by atoms with Gasteiger partial charge in [-0.1, -0.05) is 70.5 Å². The summed E-state index contributed by atoms with van der Waals surface area (Å²) in [5, 5.41) is 15.3. The monoisotopic (exact) mass is 715 g/mol. The second-order valence-electron chi connectivity index (χ2n) is 13.9. The van der Waals surface area contributed by atoms with Crippen LogP contribution in [0.25, 0.3) is 10.9 Å². The SMILES string of the molecule is CCC(C)CN(NC(=O)C[C@@H](O)CCC(C)C)C(=O)[C@H](CC1=CN(C(=O)[C@H](C)N)CN1c1cccc2ncccc12)NC(=O)OCc1ccccc1. The van der Waals surface area contributed by atoms with Crippen LogP contribution >= 0.6 is 0 Å². The third-order valence-corrected chi connectivity index (χ3v) is 8.96. The van der Waals surface area contributed by atoms with Gasteiger partial charge in [-0.05, 0) is 61.4 Å². The molecule has 4 amide bonds. The van der Waals surface area contributed by atoms with E-state index in [2.05, 4.69) is 15.7 Å². The van der Waals surface area contributed by atoms with Gasteiger partial charge in [0.1, 0.15) is 19.3 Å². The predicted molar refractivity (Wildman–Crippen MR) is 200 cm³/mol. The van der Waals surface area contributed by atoms with E-state index in [0.29, 0.717) is 18.0 Å². The Morgan fingerprint density at radius 1 is 1.00 bits per heavy atom. The highest BCUT2D eigenvalue weighted by molar-refractivity contribution is 5.94. The van der Waals surface area contributed by atoms with E-state index in [1.165, 1.54) is 9.91 Å². The van der Waals surface area contributed by atoms with Crippen LogP contribution in [0.1, 0.15) is 72.3 Å². The Morgan fingerprint density at radius 2 is 1.75 bits per heavy atom. The molecule has 0 spiro atoms. The van der Waals surface area contributed by atoms with Crippen molar-refractivity contribution in [1.82, 2.24) is 25.6 Å². The predicted octanol–water partition coefficient (Wildman–Crippen LogP) is 4.81. The highest BCUT2D eigenvalue weighted by Crippen LogP contribution is 2.33. The number of anilines is 1. The van der Waals surface area contributed by atoms with Gasteiger partial charge in [0.05, 0.1) is 29.8 Å². The molecule has 4 atom stereocenters. The van der Waals surface area contributed by atoms with Crippen LogP contribution in [-0.4, -0.2) is 75.2 Å². The zero-order chi connectivity index (χ0) is 37.8. The number of carbonyl (C=O) groups is 4. The Bertz CT molecular complexity index is 1690. The van der Waals surface area contributed by atoms with Crippen LogP contribution in [-0.2, 0) is 25.7 Å². The van der Waals surface area contributed by atoms with Crippen molar-refractivity contribution < 1.29 is 29.0 Å². The molecule has 0 fully saturated rings. The first-order valence-electron chi connectivity index (χ1n) is 18.0. The molecule has 0 saturated heterocycles. The van der Waals surface area contributed by atoms with Crippen molar-refractivity contribution >= 4 is 40.4 Å². The summed E-state index contributed by atoms with van der Waals surface area (Å²) in [6, 6.07) is 16.5. The first kappa shape index (κ1) is 39.8. The Kier molecular flexibility index (Phi) is 14.5. The van der Waals surface area contributed by atoms with Crippen LogP contribution in [0.2, 0.25) is 0 Å². The second-order valence-corrected chi connectivity index (χ2v) is 13.9. The number of nitrogens with zero attached hydrogens (tertiary/aromatic N) is 4. The highest BCUT2D eigenvalue weighted by Gasteiger charge is 2.35. The van der Waals surface area contributed by atoms with Crippen LogP contribution < -0.4 is 21.4 Å². The molecule has 3 aromatic rings. The number of benzene rings is 2. The smallest absolute Gasteiger partial charge is 0.408 e. The minimum Gasteiger partial charge on any atom is -0.445 e. The number of nitrogens with one attached hydrogen (secondary N) is 2. The number of pyridine rings is 1. The second kappa shape index (κ2) is 19.0. The Balaban J connectivity index is 1.68. The standard InChI is InChI=1S/C39H53N7O6/c1-6-27(4)22-46(43-36(48)21-31(47)18-17-26(2)3)38(50)34(42-39(51)52-24-29-12-8-7-9-13-29)20-30-23-44(37(49)28(5)40)25-45(30)35-16-10-15-33-32(35)14-11-19-41-33/h7-16,19,23,26-28,31,34,47H,6,17-18,20-22,24-25,40H2,1-5H3,(H,42,51)(H,43,48)/t27?,28-,31-,34-/m0/s1. The lowest BCUT2D eigenvalue weighted by Gasteiger charge is -2.31. The summed E-state index contributed by atoms with van der Waals surface area (Å²) in [5.41, 5.74) is 11.5. The van der Waals surface area contributed by atoms with Gasteiger partial charge in [0.2, 0.25) is 11.8 Å². The molecule has 1 unspecified atom stereocenters. The molecule has 1 aliphatic heterocycles. The fourth-order valence-corrected chi connectivity index (χ4v) is 5.82. The first-order chi connectivity index (χ1) is 24.9. The molecule has 13 nitrogen and oxygen atoms in total. The lowest BCUT2D eigenvalue weighted by atomic mass is 10.0. The van der Waals surface area contributed by atoms with Crippen LogP contribution in [0.3, 0.4) is 0 Å². The van der Waals surface area contributed by atoms with Crippen LogP contribution in [0.5, 0.6) is 0 Å². The number of alkyl carbamates (subject to hydrolysis) is 1. The van der Waals surface area contributed by atoms with Gasteiger partial charge < -0.3 is 25.8 Å². The number of ether oxygens (including phenoxy) is 1. The molecule has 52 heavy (non-hydrogen) atoms. The van der Waals surface area contributed by atoms with Crippen molar-refractivity contribution in [2.24, 2.45) is 17.6 Å². The maximum absolute atomic E-state index is 14.5. The molecule has 4 rings (SSSR count). The number of rotatable bonds is 16. The number of hydrogen-bond acceptors (Lipinski definition) is 9. The van der Waals surface area contributed by atoms with Gasteiger partial charge in [-0.3, -0.25) is 34.7 Å². The summed E-state index contributed by atoms with van der Waals surface area (Å²) in [6.07, 6.45) is 3.31. The topological polar surface area (TPSA) is 170 Å². The highest BCUT2D eigenvalue weighted by atomic mass is 16.5. The number of nitrogens with two attached hydrogens (primary N) is 1. The number of aliphatic hydroxyl groups is 1. The maximum Gasteiger partial charge on any atom is 0.408 e. The quantitative estimate of drug-likeness (QED) is 0.152. The summed E-state index contributed by atoms with van der Waals surface area (Å²) in [5.74, 6) is -1.07. The Labute approximate surface area is 306 Å². The fraction of sp³-hybridized carbons (Fsp3) is 0.462. The Morgan fingerprint density at radius 3 is 2.44 bits per heavy atom. The molecule has 1 aromatic heterocycles. The van der Waals surface area contributed by atoms with Gasteiger partial charge in [0.25, 0.3) is 5.91 Å². The molecule has 13 heteroatoms. The van der Waals surface area contributed by atoms with Gasteiger partial charge in [0, 0.05) is 36.4 Å². The van der Waals surface area contributed by atoms with E-state index in [1.54, 1.807) is 19.3 Å². The maximum atomic E-state index is 14.5. The lowest BCUT2D eigenvalue weighted by molar-refractivity contribution is -0.144. The number of amides is 4. The average Bonchev–Trinajstić information content (AvgIpc) is 3.55. The molecule has 2 heterocycles. The van der Waals surface area contributed by atoms with Gasteiger partial charge in [-0.15, -0.1) is 0 Å². The third-order valence-electron chi connectivity index (χ3n) is 8.96. The van der Waals surface area contributed by atoms with Crippen molar-refractivity contribution in [2.45, 2.75) is 91.5 Å². The molecule has 5 N–H and O–H groups in total. The number of aliphatic hydroxyl groups excluding tert-OH is 1. The fourth-order valence-electron chi connectivity index (χ4n) is 5.82. The largest absolute Gasteiger partial charge is 0.445 e. The zero-order valence-corrected chi connectivity index (χ0v) is 30.8. The average molecular weight is 716 g/mol. The van der Waals surface area contributed by atoms with E-state index >= 15 is 0 Å². The summed E-state index contributed by atoms with van der Waals surface area (Å²) < 4.78 is 5.53. The van der Waals surface area contributed by atoms with E-state index in [0.717, 1.165) is 35.0 Å².